The number of hydrogen-bond acceptors (Lipinski definition) is 1. The molecule has 0 atom stereocenters. The number of hydrogen-bond donors (Lipinski definition) is 0. The molecule has 0 aromatic heterocycles. The first-order valence-electron chi connectivity index (χ1n) is 4.11. The van der Waals surface area contributed by atoms with Gasteiger partial charge >= 0.3 is 6.04 Å². The van der Waals surface area contributed by atoms with Gasteiger partial charge in [-0.25, -0.2) is 4.39 Å². The molecule has 0 N–H and O–H groups in total. The molecule has 0 aliphatic carbocycles. The second-order valence-electron chi connectivity index (χ2n) is 2.16. The van der Waals surface area contributed by atoms with Crippen LogP contribution in [0.15, 0.2) is 24.3 Å². The largest absolute Gasteiger partial charge is 0.305 e. The molecule has 0 amide bonds. The SMILES string of the molecule is CC.O=C(F)Cc1ccc(F)cc1. The highest BCUT2D eigenvalue weighted by Gasteiger charge is 1.99. The van der Waals surface area contributed by atoms with E-state index in [0.717, 1.165) is 0 Å². The van der Waals surface area contributed by atoms with Crippen LogP contribution in [0.3, 0.4) is 0 Å². The fraction of sp³-hybridized carbons (Fsp3) is 0.300. The molecule has 0 spiro atoms. The third-order valence-electron chi connectivity index (χ3n) is 1.26. The molecule has 0 unspecified atom stereocenters. The van der Waals surface area contributed by atoms with E-state index in [1.165, 1.54) is 24.3 Å². The third kappa shape index (κ3) is 5.06. The molecule has 0 bridgehead atoms. The highest BCUT2D eigenvalue weighted by atomic mass is 19.1. The van der Waals surface area contributed by atoms with E-state index in [1.54, 1.807) is 0 Å². The molecule has 1 nitrogen and oxygen atoms in total. The molecule has 1 aromatic rings. The number of rotatable bonds is 2. The van der Waals surface area contributed by atoms with Gasteiger partial charge in [0.2, 0.25) is 0 Å². The Hall–Kier alpha value is -1.25. The highest BCUT2D eigenvalue weighted by Crippen LogP contribution is 2.03. The summed E-state index contributed by atoms with van der Waals surface area (Å²) >= 11 is 0. The Labute approximate surface area is 76.4 Å². The zero-order chi connectivity index (χ0) is 10.3. The minimum atomic E-state index is -1.41. The molecular weight excluding hydrogens is 174 g/mol. The van der Waals surface area contributed by atoms with Crippen molar-refractivity contribution in [1.29, 1.82) is 0 Å². The van der Waals surface area contributed by atoms with Gasteiger partial charge in [0, 0.05) is 0 Å². The van der Waals surface area contributed by atoms with Crippen molar-refractivity contribution in [2.24, 2.45) is 0 Å². The van der Waals surface area contributed by atoms with Gasteiger partial charge in [0.1, 0.15) is 5.82 Å². The second-order valence-corrected chi connectivity index (χ2v) is 2.16. The lowest BCUT2D eigenvalue weighted by atomic mass is 10.2. The summed E-state index contributed by atoms with van der Waals surface area (Å²) in [6, 6.07) is 3.74. The van der Waals surface area contributed by atoms with Crippen LogP contribution in [0.4, 0.5) is 8.78 Å². The standard InChI is InChI=1S/C8H6F2O.C2H6/c9-7-3-1-6(2-4-7)5-8(10)11;1-2/h1-4H,5H2;1-2H3. The predicted octanol–water partition coefficient (Wildman–Crippen LogP) is 2.89. The average Bonchev–Trinajstić information content (AvgIpc) is 2.12. The molecule has 13 heavy (non-hydrogen) atoms. The molecule has 0 aliphatic rings. The van der Waals surface area contributed by atoms with Crippen LogP contribution in [-0.2, 0) is 11.2 Å². The number of carbonyl (C=O) groups excluding carboxylic acids is 1. The fourth-order valence-electron chi connectivity index (χ4n) is 0.763. The van der Waals surface area contributed by atoms with Crippen molar-refractivity contribution in [2.45, 2.75) is 20.3 Å². The van der Waals surface area contributed by atoms with Crippen LogP contribution >= 0.6 is 0 Å². The van der Waals surface area contributed by atoms with E-state index in [9.17, 15) is 13.6 Å². The predicted molar refractivity (Wildman–Crippen MR) is 47.6 cm³/mol. The van der Waals surface area contributed by atoms with Crippen LogP contribution < -0.4 is 0 Å². The smallest absolute Gasteiger partial charge is 0.261 e. The normalized spacial score (nSPS) is 8.62. The van der Waals surface area contributed by atoms with E-state index < -0.39 is 6.04 Å². The first-order chi connectivity index (χ1) is 6.18. The molecular formula is C10H12F2O. The maximum absolute atomic E-state index is 12.2. The third-order valence-corrected chi connectivity index (χ3v) is 1.26. The van der Waals surface area contributed by atoms with Crippen molar-refractivity contribution >= 4 is 6.04 Å². The van der Waals surface area contributed by atoms with Crippen molar-refractivity contribution in [1.82, 2.24) is 0 Å². The van der Waals surface area contributed by atoms with Crippen molar-refractivity contribution < 1.29 is 13.6 Å². The fourth-order valence-corrected chi connectivity index (χ4v) is 0.763. The summed E-state index contributed by atoms with van der Waals surface area (Å²) in [5, 5.41) is 0. The van der Waals surface area contributed by atoms with Crippen LogP contribution in [0.25, 0.3) is 0 Å². The number of carbonyl (C=O) groups is 1. The Kier molecular flexibility index (Phi) is 5.68. The summed E-state index contributed by atoms with van der Waals surface area (Å²) in [7, 11) is 0. The maximum atomic E-state index is 12.2. The Morgan fingerprint density at radius 2 is 1.69 bits per heavy atom. The van der Waals surface area contributed by atoms with E-state index in [2.05, 4.69) is 0 Å². The monoisotopic (exact) mass is 186 g/mol. The molecule has 0 aliphatic heterocycles. The highest BCUT2D eigenvalue weighted by molar-refractivity contribution is 5.71. The summed E-state index contributed by atoms with van der Waals surface area (Å²) in [4.78, 5) is 9.94. The molecule has 0 radical (unpaired) electrons. The molecule has 1 rings (SSSR count). The summed E-state index contributed by atoms with van der Waals surface area (Å²) in [5.41, 5.74) is 0.485. The van der Waals surface area contributed by atoms with Crippen LogP contribution in [-0.4, -0.2) is 6.04 Å². The quantitative estimate of drug-likeness (QED) is 0.649. The second kappa shape index (κ2) is 6.29. The average molecular weight is 186 g/mol. The van der Waals surface area contributed by atoms with Gasteiger partial charge in [-0.2, -0.15) is 4.39 Å². The number of benzene rings is 1. The van der Waals surface area contributed by atoms with Gasteiger partial charge in [-0.3, -0.25) is 4.79 Å². The lowest BCUT2D eigenvalue weighted by molar-refractivity contribution is -0.128. The molecule has 3 heteroatoms. The van der Waals surface area contributed by atoms with Crippen LogP contribution in [0.2, 0.25) is 0 Å². The van der Waals surface area contributed by atoms with E-state index in [1.807, 2.05) is 13.8 Å². The van der Waals surface area contributed by atoms with Crippen LogP contribution in [0.5, 0.6) is 0 Å². The van der Waals surface area contributed by atoms with Gasteiger partial charge in [-0.15, -0.1) is 0 Å². The van der Waals surface area contributed by atoms with E-state index >= 15 is 0 Å². The topological polar surface area (TPSA) is 17.1 Å². The summed E-state index contributed by atoms with van der Waals surface area (Å²) in [5.74, 6) is -0.389. The van der Waals surface area contributed by atoms with Crippen molar-refractivity contribution in [3.05, 3.63) is 35.6 Å². The zero-order valence-corrected chi connectivity index (χ0v) is 7.68. The molecule has 1 aromatic carbocycles. The minimum absolute atomic E-state index is 0.278. The van der Waals surface area contributed by atoms with Crippen molar-refractivity contribution in [3.8, 4) is 0 Å². The van der Waals surface area contributed by atoms with Gasteiger partial charge in [0.15, 0.2) is 0 Å². The molecule has 0 fully saturated rings. The van der Waals surface area contributed by atoms with E-state index in [4.69, 9.17) is 0 Å². The first-order valence-corrected chi connectivity index (χ1v) is 4.11. The Bertz CT molecular complexity index is 254. The van der Waals surface area contributed by atoms with Gasteiger partial charge < -0.3 is 0 Å². The van der Waals surface area contributed by atoms with Gasteiger partial charge in [0.25, 0.3) is 0 Å². The van der Waals surface area contributed by atoms with Crippen molar-refractivity contribution in [3.63, 3.8) is 0 Å². The molecule has 0 saturated heterocycles. The lowest BCUT2D eigenvalue weighted by Gasteiger charge is -1.93. The van der Waals surface area contributed by atoms with Gasteiger partial charge in [0.05, 0.1) is 6.42 Å². The summed E-state index contributed by atoms with van der Waals surface area (Å²) in [6.45, 7) is 4.00. The molecule has 0 saturated carbocycles. The lowest BCUT2D eigenvalue weighted by Crippen LogP contribution is -1.93. The van der Waals surface area contributed by atoms with E-state index in [-0.39, 0.29) is 12.2 Å². The minimum Gasteiger partial charge on any atom is -0.261 e. The van der Waals surface area contributed by atoms with Crippen LogP contribution in [0, 0.1) is 5.82 Å². The van der Waals surface area contributed by atoms with Crippen molar-refractivity contribution in [2.75, 3.05) is 0 Å². The first kappa shape index (κ1) is 11.8. The number of halogens is 2. The van der Waals surface area contributed by atoms with Crippen LogP contribution in [0.1, 0.15) is 19.4 Å². The Morgan fingerprint density at radius 3 is 2.08 bits per heavy atom. The summed E-state index contributed by atoms with van der Waals surface area (Å²) in [6.07, 6.45) is -0.278. The summed E-state index contributed by atoms with van der Waals surface area (Å²) < 4.78 is 24.0. The zero-order valence-electron chi connectivity index (χ0n) is 7.68. The van der Waals surface area contributed by atoms with E-state index in [0.29, 0.717) is 5.56 Å². The Balaban J connectivity index is 0.000000671. The maximum Gasteiger partial charge on any atom is 0.305 e. The van der Waals surface area contributed by atoms with Gasteiger partial charge in [-0.1, -0.05) is 26.0 Å². The Morgan fingerprint density at radius 1 is 1.23 bits per heavy atom. The van der Waals surface area contributed by atoms with Gasteiger partial charge in [-0.05, 0) is 17.7 Å². The molecule has 0 heterocycles. The molecule has 72 valence electrons.